The normalized spacial score (nSPS) is 16.2. The quantitative estimate of drug-likeness (QED) is 0.311. The minimum atomic E-state index is -4.37. The van der Waals surface area contributed by atoms with Gasteiger partial charge in [0.05, 0.1) is 27.4 Å². The molecule has 2 aliphatic rings. The average molecular weight is 541 g/mol. The minimum Gasteiger partial charge on any atom is -0.352 e. The first-order valence-electron chi connectivity index (χ1n) is 12.6. The molecule has 0 aliphatic carbocycles. The largest absolute Gasteiger partial charge is 0.416 e. The summed E-state index contributed by atoms with van der Waals surface area (Å²) in [4.78, 5) is 32.0. The molecule has 0 atom stereocenters. The fraction of sp³-hybridized carbons (Fsp3) is 0.321. The summed E-state index contributed by atoms with van der Waals surface area (Å²) in [6.07, 6.45) is 5.85. The first-order valence-corrected chi connectivity index (χ1v) is 13.4. The number of nitrogens with one attached hydrogen (secondary N) is 1. The van der Waals surface area contributed by atoms with Crippen LogP contribution in [0, 0.1) is 5.92 Å². The molecule has 4 heterocycles. The number of hydrogen-bond acceptors (Lipinski definition) is 4. The number of amides is 2. The first kappa shape index (κ1) is 26.1. The second kappa shape index (κ2) is 11.1. The summed E-state index contributed by atoms with van der Waals surface area (Å²) in [5.41, 5.74) is 1.60. The van der Waals surface area contributed by atoms with E-state index < -0.39 is 11.7 Å². The van der Waals surface area contributed by atoms with Crippen LogP contribution in [-0.4, -0.2) is 45.7 Å². The lowest BCUT2D eigenvalue weighted by Crippen LogP contribution is -2.37. The van der Waals surface area contributed by atoms with Gasteiger partial charge in [-0.3, -0.25) is 14.0 Å². The molecule has 0 saturated carbocycles. The molecule has 0 unspecified atom stereocenters. The third-order valence-corrected chi connectivity index (χ3v) is 7.95. The van der Waals surface area contributed by atoms with E-state index in [1.54, 1.807) is 17.2 Å². The lowest BCUT2D eigenvalue weighted by atomic mass is 9.92. The minimum absolute atomic E-state index is 0.0836. The number of thioether (sulfide) groups is 1. The number of nitrogens with zero attached hydrogens (tertiary/aromatic N) is 3. The van der Waals surface area contributed by atoms with Gasteiger partial charge < -0.3 is 10.2 Å². The second-order valence-electron chi connectivity index (χ2n) is 9.47. The number of pyridine rings is 1. The number of aromatic nitrogens is 2. The van der Waals surface area contributed by atoms with Crippen LogP contribution in [0.25, 0.3) is 17.8 Å². The summed E-state index contributed by atoms with van der Waals surface area (Å²) in [6.45, 7) is 1.89. The third kappa shape index (κ3) is 5.96. The predicted octanol–water partition coefficient (Wildman–Crippen LogP) is 5.65. The van der Waals surface area contributed by atoms with Gasteiger partial charge in [0.2, 0.25) is 5.91 Å². The predicted molar refractivity (Wildman–Crippen MR) is 141 cm³/mol. The van der Waals surface area contributed by atoms with E-state index in [9.17, 15) is 22.8 Å². The van der Waals surface area contributed by atoms with Gasteiger partial charge >= 0.3 is 6.18 Å². The SMILES string of the molecule is O=C(NCCCC1CCN(C(=O)/C=C/c2ccc(C(F)(F)F)cc2)CC1)C1=Cc2cnc3cccc(n23)S1. The number of piperidine rings is 1. The number of imidazole rings is 1. The molecular weight excluding hydrogens is 513 g/mol. The molecule has 0 bridgehead atoms. The zero-order chi connectivity index (χ0) is 26.7. The molecule has 198 valence electrons. The Hall–Kier alpha value is -3.53. The van der Waals surface area contributed by atoms with Crippen LogP contribution in [-0.2, 0) is 15.8 Å². The van der Waals surface area contributed by atoms with Gasteiger partial charge in [0.25, 0.3) is 5.91 Å². The average Bonchev–Trinajstić information content (AvgIpc) is 3.34. The zero-order valence-electron chi connectivity index (χ0n) is 20.6. The molecule has 0 radical (unpaired) electrons. The summed E-state index contributed by atoms with van der Waals surface area (Å²) in [7, 11) is 0. The van der Waals surface area contributed by atoms with Gasteiger partial charge in [0, 0.05) is 25.7 Å². The van der Waals surface area contributed by atoms with E-state index in [2.05, 4.69) is 10.3 Å². The van der Waals surface area contributed by atoms with Crippen molar-refractivity contribution in [3.63, 3.8) is 0 Å². The Morgan fingerprint density at radius 3 is 2.61 bits per heavy atom. The van der Waals surface area contributed by atoms with Crippen molar-refractivity contribution < 1.29 is 22.8 Å². The van der Waals surface area contributed by atoms with Crippen molar-refractivity contribution in [3.05, 3.63) is 76.5 Å². The highest BCUT2D eigenvalue weighted by molar-refractivity contribution is 8.04. The molecule has 3 aromatic rings. The van der Waals surface area contributed by atoms with Crippen molar-refractivity contribution >= 4 is 41.4 Å². The number of benzene rings is 1. The van der Waals surface area contributed by atoms with Crippen LogP contribution < -0.4 is 5.32 Å². The highest BCUT2D eigenvalue weighted by atomic mass is 32.2. The number of alkyl halides is 3. The number of halogens is 3. The van der Waals surface area contributed by atoms with Gasteiger partial charge in [0.1, 0.15) is 5.65 Å². The standard InChI is InChI=1S/C28H27F3N4O2S/c29-28(30,31)21-9-6-20(7-10-21)8-11-25(36)34-15-12-19(13-16-34)3-2-14-32-27(37)23-17-22-18-33-24-4-1-5-26(38-23)35(22)24/h1,4-11,17-19H,2-3,12-16H2,(H,32,37)/b11-8+. The number of rotatable bonds is 7. The molecule has 2 aliphatic heterocycles. The van der Waals surface area contributed by atoms with E-state index >= 15 is 0 Å². The lowest BCUT2D eigenvalue weighted by Gasteiger charge is -2.31. The molecule has 1 fully saturated rings. The molecule has 5 rings (SSSR count). The maximum Gasteiger partial charge on any atom is 0.416 e. The first-order chi connectivity index (χ1) is 18.3. The molecule has 6 nitrogen and oxygen atoms in total. The molecule has 2 amide bonds. The monoisotopic (exact) mass is 540 g/mol. The van der Waals surface area contributed by atoms with Gasteiger partial charge in [-0.25, -0.2) is 4.98 Å². The lowest BCUT2D eigenvalue weighted by molar-refractivity contribution is -0.137. The summed E-state index contributed by atoms with van der Waals surface area (Å²) < 4.78 is 40.1. The maximum atomic E-state index is 12.7. The van der Waals surface area contributed by atoms with Crippen LogP contribution in [0.2, 0.25) is 0 Å². The topological polar surface area (TPSA) is 66.7 Å². The van der Waals surface area contributed by atoms with Crippen molar-refractivity contribution in [2.45, 2.75) is 36.9 Å². The molecular formula is C28H27F3N4O2S. The Morgan fingerprint density at radius 1 is 1.11 bits per heavy atom. The molecule has 0 spiro atoms. The molecule has 1 saturated heterocycles. The van der Waals surface area contributed by atoms with E-state index in [1.807, 2.05) is 28.7 Å². The smallest absolute Gasteiger partial charge is 0.352 e. The van der Waals surface area contributed by atoms with Crippen LogP contribution in [0.3, 0.4) is 0 Å². The molecule has 10 heteroatoms. The Kier molecular flexibility index (Phi) is 7.60. The molecule has 1 aromatic carbocycles. The number of hydrogen-bond donors (Lipinski definition) is 1. The van der Waals surface area contributed by atoms with E-state index in [0.717, 1.165) is 54.2 Å². The van der Waals surface area contributed by atoms with Gasteiger partial charge in [-0.2, -0.15) is 13.2 Å². The Labute approximate surface area is 222 Å². The van der Waals surface area contributed by atoms with E-state index in [1.165, 1.54) is 30.0 Å². The fourth-order valence-electron chi connectivity index (χ4n) is 4.78. The third-order valence-electron chi connectivity index (χ3n) is 6.90. The van der Waals surface area contributed by atoms with Crippen molar-refractivity contribution in [3.8, 4) is 0 Å². The van der Waals surface area contributed by atoms with E-state index in [0.29, 0.717) is 36.0 Å². The molecule has 1 N–H and O–H groups in total. The van der Waals surface area contributed by atoms with E-state index in [-0.39, 0.29) is 11.8 Å². The maximum absolute atomic E-state index is 12.7. The van der Waals surface area contributed by atoms with Gasteiger partial charge in [-0.1, -0.05) is 30.0 Å². The van der Waals surface area contributed by atoms with E-state index in [4.69, 9.17) is 0 Å². The summed E-state index contributed by atoms with van der Waals surface area (Å²) in [5, 5.41) is 3.99. The number of carbonyl (C=O) groups is 2. The van der Waals surface area contributed by atoms with Gasteiger partial charge in [0.15, 0.2) is 0 Å². The highest BCUT2D eigenvalue weighted by Gasteiger charge is 2.30. The van der Waals surface area contributed by atoms with Crippen molar-refractivity contribution in [1.82, 2.24) is 19.6 Å². The Balaban J connectivity index is 1.02. The number of carbonyl (C=O) groups excluding carboxylic acids is 2. The van der Waals surface area contributed by atoms with Crippen molar-refractivity contribution in [2.75, 3.05) is 19.6 Å². The van der Waals surface area contributed by atoms with Crippen LogP contribution in [0.15, 0.2) is 64.7 Å². The summed E-state index contributed by atoms with van der Waals surface area (Å²) >= 11 is 1.44. The van der Waals surface area contributed by atoms with Crippen molar-refractivity contribution in [2.24, 2.45) is 5.92 Å². The highest BCUT2D eigenvalue weighted by Crippen LogP contribution is 2.34. The second-order valence-corrected chi connectivity index (χ2v) is 10.5. The van der Waals surface area contributed by atoms with Gasteiger partial charge in [-0.15, -0.1) is 0 Å². The fourth-order valence-corrected chi connectivity index (χ4v) is 5.78. The Bertz CT molecular complexity index is 1390. The van der Waals surface area contributed by atoms with Crippen LogP contribution in [0.4, 0.5) is 13.2 Å². The molecule has 2 aromatic heterocycles. The molecule has 38 heavy (non-hydrogen) atoms. The van der Waals surface area contributed by atoms with Crippen LogP contribution >= 0.6 is 11.8 Å². The van der Waals surface area contributed by atoms with Crippen LogP contribution in [0.5, 0.6) is 0 Å². The van der Waals surface area contributed by atoms with Crippen molar-refractivity contribution in [1.29, 1.82) is 0 Å². The zero-order valence-corrected chi connectivity index (χ0v) is 21.4. The van der Waals surface area contributed by atoms with Gasteiger partial charge in [-0.05, 0) is 73.6 Å². The number of likely N-dealkylation sites (tertiary alicyclic amines) is 1. The Morgan fingerprint density at radius 2 is 1.87 bits per heavy atom. The van der Waals surface area contributed by atoms with Crippen LogP contribution in [0.1, 0.15) is 42.5 Å². The summed E-state index contributed by atoms with van der Waals surface area (Å²) in [6, 6.07) is 10.6. The summed E-state index contributed by atoms with van der Waals surface area (Å²) in [5.74, 6) is 0.274.